The first kappa shape index (κ1) is 18.0. The van der Waals surface area contributed by atoms with Gasteiger partial charge in [0, 0.05) is 19.0 Å². The molecule has 0 radical (unpaired) electrons. The molecule has 0 aromatic heterocycles. The first-order valence-electron chi connectivity index (χ1n) is 7.63. The zero-order chi connectivity index (χ0) is 14.5. The topological polar surface area (TPSA) is 41.1 Å². The Morgan fingerprint density at radius 2 is 2.14 bits per heavy atom. The van der Waals surface area contributed by atoms with Gasteiger partial charge in [-0.05, 0) is 42.9 Å². The lowest BCUT2D eigenvalue weighted by atomic mass is 9.92. The van der Waals surface area contributed by atoms with Crippen LogP contribution in [0.1, 0.15) is 43.7 Å². The van der Waals surface area contributed by atoms with Gasteiger partial charge in [-0.3, -0.25) is 4.79 Å². The van der Waals surface area contributed by atoms with E-state index in [-0.39, 0.29) is 30.3 Å². The van der Waals surface area contributed by atoms with Crippen molar-refractivity contribution in [2.45, 2.75) is 45.6 Å². The van der Waals surface area contributed by atoms with Gasteiger partial charge in [-0.15, -0.1) is 12.4 Å². The summed E-state index contributed by atoms with van der Waals surface area (Å²) >= 11 is 0. The predicted octanol–water partition coefficient (Wildman–Crippen LogP) is 3.02. The Balaban J connectivity index is 0.00000220. The molecule has 3 atom stereocenters. The van der Waals surface area contributed by atoms with Gasteiger partial charge in [0.25, 0.3) is 0 Å². The minimum absolute atomic E-state index is 0. The molecule has 1 amide bonds. The van der Waals surface area contributed by atoms with Gasteiger partial charge < -0.3 is 10.6 Å². The first-order chi connectivity index (χ1) is 9.58. The molecule has 1 fully saturated rings. The third-order valence-corrected chi connectivity index (χ3v) is 4.38. The number of rotatable bonds is 4. The molecule has 2 N–H and O–H groups in total. The smallest absolute Gasteiger partial charge is 0.220 e. The maximum absolute atomic E-state index is 12.2. The van der Waals surface area contributed by atoms with Crippen LogP contribution in [0.4, 0.5) is 0 Å². The van der Waals surface area contributed by atoms with Crippen LogP contribution in [0.2, 0.25) is 0 Å². The van der Waals surface area contributed by atoms with Crippen molar-refractivity contribution in [3.8, 4) is 0 Å². The Morgan fingerprint density at radius 3 is 2.81 bits per heavy atom. The van der Waals surface area contributed by atoms with Gasteiger partial charge in [0.1, 0.15) is 0 Å². The van der Waals surface area contributed by atoms with Gasteiger partial charge in [-0.2, -0.15) is 0 Å². The third kappa shape index (κ3) is 5.01. The summed E-state index contributed by atoms with van der Waals surface area (Å²) in [5.74, 6) is 0.998. The van der Waals surface area contributed by atoms with E-state index < -0.39 is 0 Å². The van der Waals surface area contributed by atoms with Crippen molar-refractivity contribution in [2.75, 3.05) is 13.1 Å². The maximum atomic E-state index is 12.2. The highest BCUT2D eigenvalue weighted by atomic mass is 35.5. The number of piperidine rings is 1. The van der Waals surface area contributed by atoms with Crippen LogP contribution in [0, 0.1) is 12.8 Å². The lowest BCUT2D eigenvalue weighted by Gasteiger charge is -2.30. The summed E-state index contributed by atoms with van der Waals surface area (Å²) in [6.45, 7) is 8.41. The van der Waals surface area contributed by atoms with Crippen molar-refractivity contribution in [1.29, 1.82) is 0 Å². The summed E-state index contributed by atoms with van der Waals surface area (Å²) in [4.78, 5) is 12.2. The van der Waals surface area contributed by atoms with E-state index in [1.165, 1.54) is 11.1 Å². The van der Waals surface area contributed by atoms with Crippen LogP contribution in [0.3, 0.4) is 0 Å². The molecule has 1 aromatic carbocycles. The molecule has 0 saturated carbocycles. The quantitative estimate of drug-likeness (QED) is 0.897. The Labute approximate surface area is 134 Å². The molecule has 0 bridgehead atoms. The van der Waals surface area contributed by atoms with Crippen molar-refractivity contribution in [1.82, 2.24) is 10.6 Å². The van der Waals surface area contributed by atoms with Crippen LogP contribution in [0.25, 0.3) is 0 Å². The number of carbonyl (C=O) groups excluding carboxylic acids is 1. The average Bonchev–Trinajstić information content (AvgIpc) is 2.41. The van der Waals surface area contributed by atoms with Crippen LogP contribution in [0.5, 0.6) is 0 Å². The summed E-state index contributed by atoms with van der Waals surface area (Å²) in [6.07, 6.45) is 1.70. The molecule has 118 valence electrons. The number of aryl methyl sites for hydroxylation is 1. The minimum atomic E-state index is 0. The Kier molecular flexibility index (Phi) is 7.20. The molecular weight excluding hydrogens is 284 g/mol. The second kappa shape index (κ2) is 8.40. The summed E-state index contributed by atoms with van der Waals surface area (Å²) < 4.78 is 0. The van der Waals surface area contributed by atoms with Crippen LogP contribution in [-0.2, 0) is 4.79 Å². The van der Waals surface area contributed by atoms with E-state index in [9.17, 15) is 4.79 Å². The number of amides is 1. The third-order valence-electron chi connectivity index (χ3n) is 4.38. The van der Waals surface area contributed by atoms with Gasteiger partial charge in [-0.1, -0.05) is 38.1 Å². The molecule has 3 unspecified atom stereocenters. The molecule has 1 saturated heterocycles. The van der Waals surface area contributed by atoms with Gasteiger partial charge in [0.05, 0.1) is 0 Å². The van der Waals surface area contributed by atoms with Gasteiger partial charge in [-0.25, -0.2) is 0 Å². The minimum Gasteiger partial charge on any atom is -0.352 e. The van der Waals surface area contributed by atoms with Crippen molar-refractivity contribution in [2.24, 2.45) is 5.92 Å². The maximum Gasteiger partial charge on any atom is 0.220 e. The Morgan fingerprint density at radius 1 is 1.43 bits per heavy atom. The summed E-state index contributed by atoms with van der Waals surface area (Å²) in [5, 5.41) is 6.54. The number of hydrogen-bond donors (Lipinski definition) is 2. The van der Waals surface area contributed by atoms with E-state index in [1.807, 2.05) is 12.1 Å². The highest BCUT2D eigenvalue weighted by molar-refractivity contribution is 5.85. The molecule has 1 aliphatic rings. The number of carbonyl (C=O) groups is 1. The molecule has 3 nitrogen and oxygen atoms in total. The van der Waals surface area contributed by atoms with Gasteiger partial charge in [0.2, 0.25) is 5.91 Å². The van der Waals surface area contributed by atoms with E-state index >= 15 is 0 Å². The summed E-state index contributed by atoms with van der Waals surface area (Å²) in [7, 11) is 0. The summed E-state index contributed by atoms with van der Waals surface area (Å²) in [6, 6.07) is 8.60. The molecule has 1 heterocycles. The molecule has 0 spiro atoms. The highest BCUT2D eigenvalue weighted by Crippen LogP contribution is 2.22. The lowest BCUT2D eigenvalue weighted by molar-refractivity contribution is -0.122. The molecular formula is C17H27ClN2O. The standard InChI is InChI=1S/C17H26N2O.ClH/c1-12-6-4-5-7-15(12)14(3)10-17(20)19-16-11-18-9-8-13(16)2;/h4-7,13-14,16,18H,8-11H2,1-3H3,(H,19,20);1H. The molecule has 2 rings (SSSR count). The highest BCUT2D eigenvalue weighted by Gasteiger charge is 2.23. The van der Waals surface area contributed by atoms with E-state index in [2.05, 4.69) is 43.5 Å². The molecule has 0 aliphatic carbocycles. The second-order valence-electron chi connectivity index (χ2n) is 6.11. The normalized spacial score (nSPS) is 23.0. The second-order valence-corrected chi connectivity index (χ2v) is 6.11. The molecule has 1 aliphatic heterocycles. The largest absolute Gasteiger partial charge is 0.352 e. The number of benzene rings is 1. The van der Waals surface area contributed by atoms with E-state index in [0.717, 1.165) is 19.5 Å². The fraction of sp³-hybridized carbons (Fsp3) is 0.588. The van der Waals surface area contributed by atoms with Crippen molar-refractivity contribution in [3.05, 3.63) is 35.4 Å². The lowest BCUT2D eigenvalue weighted by Crippen LogP contribution is -2.50. The molecule has 21 heavy (non-hydrogen) atoms. The van der Waals surface area contributed by atoms with E-state index in [4.69, 9.17) is 0 Å². The number of hydrogen-bond acceptors (Lipinski definition) is 2. The molecule has 1 aromatic rings. The van der Waals surface area contributed by atoms with E-state index in [1.54, 1.807) is 0 Å². The zero-order valence-corrected chi connectivity index (χ0v) is 14.0. The SMILES string of the molecule is Cc1ccccc1C(C)CC(=O)NC1CNCCC1C.Cl. The zero-order valence-electron chi connectivity index (χ0n) is 13.2. The number of halogens is 1. The average molecular weight is 311 g/mol. The van der Waals surface area contributed by atoms with E-state index in [0.29, 0.717) is 12.3 Å². The Hall–Kier alpha value is -1.06. The number of nitrogens with one attached hydrogen (secondary N) is 2. The van der Waals surface area contributed by atoms with Gasteiger partial charge >= 0.3 is 0 Å². The van der Waals surface area contributed by atoms with Crippen molar-refractivity contribution >= 4 is 18.3 Å². The van der Waals surface area contributed by atoms with Crippen LogP contribution in [-0.4, -0.2) is 25.0 Å². The van der Waals surface area contributed by atoms with Crippen LogP contribution < -0.4 is 10.6 Å². The van der Waals surface area contributed by atoms with Crippen molar-refractivity contribution in [3.63, 3.8) is 0 Å². The fourth-order valence-corrected chi connectivity index (χ4v) is 2.98. The van der Waals surface area contributed by atoms with Crippen LogP contribution in [0.15, 0.2) is 24.3 Å². The Bertz CT molecular complexity index is 464. The van der Waals surface area contributed by atoms with Crippen LogP contribution >= 0.6 is 12.4 Å². The van der Waals surface area contributed by atoms with Crippen molar-refractivity contribution < 1.29 is 4.79 Å². The summed E-state index contributed by atoms with van der Waals surface area (Å²) in [5.41, 5.74) is 2.54. The predicted molar refractivity (Wildman–Crippen MR) is 90.0 cm³/mol. The molecule has 4 heteroatoms. The van der Waals surface area contributed by atoms with Gasteiger partial charge in [0.15, 0.2) is 0 Å². The monoisotopic (exact) mass is 310 g/mol. The first-order valence-corrected chi connectivity index (χ1v) is 7.63. The fourth-order valence-electron chi connectivity index (χ4n) is 2.98.